The lowest BCUT2D eigenvalue weighted by Crippen LogP contribution is -2.32. The summed E-state index contributed by atoms with van der Waals surface area (Å²) in [6.07, 6.45) is 3.60. The molecule has 0 saturated carbocycles. The molecule has 6 heteroatoms. The zero-order valence-electron chi connectivity index (χ0n) is 11.3. The molecule has 0 aliphatic carbocycles. The first-order chi connectivity index (χ1) is 9.93. The highest BCUT2D eigenvalue weighted by Gasteiger charge is 2.35. The van der Waals surface area contributed by atoms with Gasteiger partial charge in [-0.3, -0.25) is 19.9 Å². The van der Waals surface area contributed by atoms with E-state index >= 15 is 0 Å². The molecule has 1 atom stereocenters. The van der Waals surface area contributed by atoms with Gasteiger partial charge in [-0.05, 0) is 48.2 Å². The van der Waals surface area contributed by atoms with Crippen LogP contribution in [0, 0.1) is 10.1 Å². The van der Waals surface area contributed by atoms with Crippen molar-refractivity contribution in [3.8, 4) is 0 Å². The fourth-order valence-corrected chi connectivity index (χ4v) is 2.33. The van der Waals surface area contributed by atoms with E-state index in [0.717, 1.165) is 5.56 Å². The molecule has 0 aliphatic heterocycles. The van der Waals surface area contributed by atoms with Gasteiger partial charge in [0.2, 0.25) is 5.24 Å². The fourth-order valence-electron chi connectivity index (χ4n) is 2.16. The van der Waals surface area contributed by atoms with E-state index in [9.17, 15) is 14.9 Å². The second-order valence-electron chi connectivity index (χ2n) is 4.95. The monoisotopic (exact) mass is 304 g/mol. The molecule has 1 aromatic heterocycles. The molecule has 0 saturated heterocycles. The van der Waals surface area contributed by atoms with Gasteiger partial charge >= 0.3 is 0 Å². The second kappa shape index (κ2) is 6.01. The molecule has 0 N–H and O–H groups in total. The van der Waals surface area contributed by atoms with E-state index in [0.29, 0.717) is 12.0 Å². The molecular weight excluding hydrogens is 292 g/mol. The van der Waals surface area contributed by atoms with Crippen LogP contribution in [0.5, 0.6) is 0 Å². The van der Waals surface area contributed by atoms with Crippen molar-refractivity contribution in [2.45, 2.75) is 18.8 Å². The molecule has 0 radical (unpaired) electrons. The molecule has 1 aromatic carbocycles. The Kier molecular flexibility index (Phi) is 4.33. The summed E-state index contributed by atoms with van der Waals surface area (Å²) in [6, 6.07) is 9.58. The van der Waals surface area contributed by atoms with E-state index < -0.39 is 15.6 Å². The van der Waals surface area contributed by atoms with Crippen LogP contribution in [0.15, 0.2) is 48.8 Å². The second-order valence-corrected chi connectivity index (χ2v) is 5.29. The van der Waals surface area contributed by atoms with Gasteiger partial charge in [-0.1, -0.05) is 12.1 Å². The third kappa shape index (κ3) is 3.25. The highest BCUT2D eigenvalue weighted by molar-refractivity contribution is 6.65. The molecule has 0 spiro atoms. The largest absolute Gasteiger partial charge is 0.280 e. The number of benzene rings is 1. The molecule has 0 aliphatic rings. The van der Waals surface area contributed by atoms with Crippen molar-refractivity contribution in [2.24, 2.45) is 0 Å². The van der Waals surface area contributed by atoms with Crippen molar-refractivity contribution in [2.75, 3.05) is 0 Å². The Hall–Kier alpha value is -2.27. The molecule has 2 aromatic rings. The van der Waals surface area contributed by atoms with Gasteiger partial charge in [0.1, 0.15) is 0 Å². The van der Waals surface area contributed by atoms with E-state index in [2.05, 4.69) is 4.98 Å². The number of non-ortho nitro benzene ring substituents is 1. The quantitative estimate of drug-likeness (QED) is 0.483. The zero-order valence-corrected chi connectivity index (χ0v) is 12.1. The van der Waals surface area contributed by atoms with Gasteiger partial charge in [-0.15, -0.1) is 0 Å². The maximum absolute atomic E-state index is 11.9. The van der Waals surface area contributed by atoms with Gasteiger partial charge in [0, 0.05) is 24.5 Å². The lowest BCUT2D eigenvalue weighted by atomic mass is 9.78. The molecule has 0 bridgehead atoms. The Bertz CT molecular complexity index is 676. The number of nitro groups is 1. The van der Waals surface area contributed by atoms with Gasteiger partial charge in [-0.25, -0.2) is 0 Å². The average Bonchev–Trinajstić information content (AvgIpc) is 2.48. The van der Waals surface area contributed by atoms with Crippen LogP contribution in [-0.2, 0) is 16.6 Å². The summed E-state index contributed by atoms with van der Waals surface area (Å²) in [5.74, 6) is 0. The first-order valence-electron chi connectivity index (χ1n) is 6.27. The van der Waals surface area contributed by atoms with Crippen molar-refractivity contribution in [3.63, 3.8) is 0 Å². The average molecular weight is 305 g/mol. The number of nitrogens with zero attached hydrogens (tertiary/aromatic N) is 2. The first kappa shape index (κ1) is 15.1. The van der Waals surface area contributed by atoms with Crippen molar-refractivity contribution >= 4 is 22.5 Å². The standard InChI is InChI=1S/C15H13ClN2O3/c1-15(14(16)19,10-11-5-7-17-8-6-11)12-3-2-4-13(9-12)18(20)21/h2-9H,10H2,1H3. The summed E-state index contributed by atoms with van der Waals surface area (Å²) in [5.41, 5.74) is 0.308. The number of hydrogen-bond acceptors (Lipinski definition) is 4. The van der Waals surface area contributed by atoms with Gasteiger partial charge in [-0.2, -0.15) is 0 Å². The van der Waals surface area contributed by atoms with Crippen LogP contribution in [0.4, 0.5) is 5.69 Å². The van der Waals surface area contributed by atoms with Crippen LogP contribution >= 0.6 is 11.6 Å². The highest BCUT2D eigenvalue weighted by atomic mass is 35.5. The lowest BCUT2D eigenvalue weighted by molar-refractivity contribution is -0.384. The summed E-state index contributed by atoms with van der Waals surface area (Å²) < 4.78 is 0. The molecule has 5 nitrogen and oxygen atoms in total. The van der Waals surface area contributed by atoms with Crippen LogP contribution in [-0.4, -0.2) is 15.1 Å². The third-order valence-electron chi connectivity index (χ3n) is 3.43. The summed E-state index contributed by atoms with van der Waals surface area (Å²) in [4.78, 5) is 26.3. The van der Waals surface area contributed by atoms with Crippen LogP contribution in [0.1, 0.15) is 18.1 Å². The van der Waals surface area contributed by atoms with Gasteiger partial charge in [0.05, 0.1) is 10.3 Å². The van der Waals surface area contributed by atoms with Crippen molar-refractivity contribution in [1.29, 1.82) is 0 Å². The Labute approximate surface area is 126 Å². The van der Waals surface area contributed by atoms with Crippen molar-refractivity contribution in [3.05, 3.63) is 70.0 Å². The topological polar surface area (TPSA) is 73.1 Å². The number of carbonyl (C=O) groups is 1. The summed E-state index contributed by atoms with van der Waals surface area (Å²) in [7, 11) is 0. The minimum Gasteiger partial charge on any atom is -0.280 e. The van der Waals surface area contributed by atoms with Gasteiger partial charge in [0.25, 0.3) is 5.69 Å². The summed E-state index contributed by atoms with van der Waals surface area (Å²) >= 11 is 5.78. The first-order valence-corrected chi connectivity index (χ1v) is 6.65. The molecule has 108 valence electrons. The van der Waals surface area contributed by atoms with Crippen molar-refractivity contribution in [1.82, 2.24) is 4.98 Å². The van der Waals surface area contributed by atoms with E-state index in [1.54, 1.807) is 43.6 Å². The summed E-state index contributed by atoms with van der Waals surface area (Å²) in [5, 5.41) is 10.3. The van der Waals surface area contributed by atoms with Crippen LogP contribution in [0.2, 0.25) is 0 Å². The molecule has 1 unspecified atom stereocenters. The predicted molar refractivity (Wildman–Crippen MR) is 79.2 cm³/mol. The number of pyridine rings is 1. The number of nitro benzene ring substituents is 1. The minimum atomic E-state index is -1.03. The lowest BCUT2D eigenvalue weighted by Gasteiger charge is -2.25. The fraction of sp³-hybridized carbons (Fsp3) is 0.200. The number of halogens is 1. The normalized spacial score (nSPS) is 13.4. The Morgan fingerprint density at radius 3 is 2.57 bits per heavy atom. The molecular formula is C15H13ClN2O3. The van der Waals surface area contributed by atoms with Crippen LogP contribution in [0.3, 0.4) is 0 Å². The van der Waals surface area contributed by atoms with Gasteiger partial charge in [0.15, 0.2) is 0 Å². The number of rotatable bonds is 5. The van der Waals surface area contributed by atoms with E-state index in [4.69, 9.17) is 11.6 Å². The van der Waals surface area contributed by atoms with E-state index in [-0.39, 0.29) is 5.69 Å². The SMILES string of the molecule is CC(Cc1ccncc1)(C(=O)Cl)c1cccc([N+](=O)[O-])c1. The van der Waals surface area contributed by atoms with Gasteiger partial charge < -0.3 is 0 Å². The van der Waals surface area contributed by atoms with E-state index in [1.165, 1.54) is 12.1 Å². The number of aromatic nitrogens is 1. The van der Waals surface area contributed by atoms with Crippen molar-refractivity contribution < 1.29 is 9.72 Å². The molecule has 0 fully saturated rings. The Balaban J connectivity index is 2.45. The highest BCUT2D eigenvalue weighted by Crippen LogP contribution is 2.32. The Morgan fingerprint density at radius 1 is 1.33 bits per heavy atom. The smallest absolute Gasteiger partial charge is 0.269 e. The Morgan fingerprint density at radius 2 is 2.00 bits per heavy atom. The third-order valence-corrected chi connectivity index (χ3v) is 3.85. The zero-order chi connectivity index (χ0) is 15.5. The van der Waals surface area contributed by atoms with Crippen LogP contribution in [0.25, 0.3) is 0 Å². The maximum Gasteiger partial charge on any atom is 0.269 e. The van der Waals surface area contributed by atoms with Crippen LogP contribution < -0.4 is 0 Å². The van der Waals surface area contributed by atoms with E-state index in [1.807, 2.05) is 0 Å². The molecule has 21 heavy (non-hydrogen) atoms. The molecule has 0 amide bonds. The maximum atomic E-state index is 11.9. The minimum absolute atomic E-state index is 0.0635. The number of carbonyl (C=O) groups excluding carboxylic acids is 1. The number of hydrogen-bond donors (Lipinski definition) is 0. The molecule has 2 rings (SSSR count). The summed E-state index contributed by atoms with van der Waals surface area (Å²) in [6.45, 7) is 1.68. The molecule has 1 heterocycles. The predicted octanol–water partition coefficient (Wildman–Crippen LogP) is 3.26.